The van der Waals surface area contributed by atoms with Crippen LogP contribution in [0.1, 0.15) is 18.4 Å². The number of halogens is 1. The van der Waals surface area contributed by atoms with Crippen LogP contribution in [0.2, 0.25) is 5.02 Å². The number of nitriles is 1. The molecule has 2 heteroatoms. The van der Waals surface area contributed by atoms with Crippen LogP contribution in [0.5, 0.6) is 0 Å². The summed E-state index contributed by atoms with van der Waals surface area (Å²) in [6.45, 7) is 0. The SMILES string of the molecule is N#CCCCc1cccc(Cl)c1. The molecule has 0 aliphatic rings. The van der Waals surface area contributed by atoms with Crippen LogP contribution in [0, 0.1) is 11.3 Å². The fourth-order valence-electron chi connectivity index (χ4n) is 1.06. The highest BCUT2D eigenvalue weighted by Crippen LogP contribution is 2.12. The Hall–Kier alpha value is -1.00. The molecule has 0 aromatic heterocycles. The summed E-state index contributed by atoms with van der Waals surface area (Å²) in [6.07, 6.45) is 2.47. The van der Waals surface area contributed by atoms with E-state index in [4.69, 9.17) is 16.9 Å². The fourth-order valence-corrected chi connectivity index (χ4v) is 1.28. The molecule has 0 amide bonds. The molecular weight excluding hydrogens is 170 g/mol. The molecule has 62 valence electrons. The smallest absolute Gasteiger partial charge is 0.0621 e. The highest BCUT2D eigenvalue weighted by Gasteiger charge is 1.93. The molecule has 0 saturated heterocycles. The fraction of sp³-hybridized carbons (Fsp3) is 0.300. The van der Waals surface area contributed by atoms with Gasteiger partial charge in [0.05, 0.1) is 6.07 Å². The van der Waals surface area contributed by atoms with E-state index < -0.39 is 0 Å². The molecule has 12 heavy (non-hydrogen) atoms. The summed E-state index contributed by atoms with van der Waals surface area (Å²) in [5, 5.41) is 9.09. The second kappa shape index (κ2) is 4.79. The topological polar surface area (TPSA) is 23.8 Å². The summed E-state index contributed by atoms with van der Waals surface area (Å²) in [4.78, 5) is 0. The van der Waals surface area contributed by atoms with Crippen LogP contribution in [0.15, 0.2) is 24.3 Å². The van der Waals surface area contributed by atoms with Gasteiger partial charge in [0.25, 0.3) is 0 Å². The zero-order valence-corrected chi connectivity index (χ0v) is 7.51. The van der Waals surface area contributed by atoms with Gasteiger partial charge in [-0.15, -0.1) is 0 Å². The molecule has 1 aromatic rings. The Morgan fingerprint density at radius 1 is 1.42 bits per heavy atom. The number of benzene rings is 1. The minimum Gasteiger partial charge on any atom is -0.198 e. The van der Waals surface area contributed by atoms with Crippen LogP contribution >= 0.6 is 11.6 Å². The van der Waals surface area contributed by atoms with Gasteiger partial charge < -0.3 is 0 Å². The van der Waals surface area contributed by atoms with E-state index in [9.17, 15) is 0 Å². The zero-order chi connectivity index (χ0) is 8.81. The van der Waals surface area contributed by atoms with E-state index in [1.807, 2.05) is 24.3 Å². The van der Waals surface area contributed by atoms with Gasteiger partial charge in [-0.25, -0.2) is 0 Å². The van der Waals surface area contributed by atoms with E-state index in [-0.39, 0.29) is 0 Å². The first kappa shape index (κ1) is 9.09. The lowest BCUT2D eigenvalue weighted by Gasteiger charge is -1.98. The van der Waals surface area contributed by atoms with Gasteiger partial charge in [-0.3, -0.25) is 0 Å². The van der Waals surface area contributed by atoms with Gasteiger partial charge in [0.15, 0.2) is 0 Å². The molecule has 0 N–H and O–H groups in total. The first-order valence-electron chi connectivity index (χ1n) is 3.94. The first-order valence-corrected chi connectivity index (χ1v) is 4.32. The van der Waals surface area contributed by atoms with Gasteiger partial charge in [0.2, 0.25) is 0 Å². The number of nitrogens with zero attached hydrogens (tertiary/aromatic N) is 1. The van der Waals surface area contributed by atoms with Crippen molar-refractivity contribution in [3.63, 3.8) is 0 Å². The predicted octanol–water partition coefficient (Wildman–Crippen LogP) is 3.19. The zero-order valence-electron chi connectivity index (χ0n) is 6.76. The van der Waals surface area contributed by atoms with Gasteiger partial charge in [-0.1, -0.05) is 23.7 Å². The molecular formula is C10H10ClN. The maximum atomic E-state index is 8.32. The van der Waals surface area contributed by atoms with Crippen LogP contribution < -0.4 is 0 Å². The lowest BCUT2D eigenvalue weighted by Crippen LogP contribution is -1.83. The molecule has 1 nitrogen and oxygen atoms in total. The lowest BCUT2D eigenvalue weighted by molar-refractivity contribution is 0.850. The highest BCUT2D eigenvalue weighted by molar-refractivity contribution is 6.30. The first-order chi connectivity index (χ1) is 5.83. The third-order valence-corrected chi connectivity index (χ3v) is 1.88. The van der Waals surface area contributed by atoms with E-state index in [0.29, 0.717) is 6.42 Å². The molecule has 0 aliphatic heterocycles. The van der Waals surface area contributed by atoms with E-state index in [2.05, 4.69) is 6.07 Å². The van der Waals surface area contributed by atoms with Crippen molar-refractivity contribution in [1.82, 2.24) is 0 Å². The maximum Gasteiger partial charge on any atom is 0.0621 e. The molecule has 1 rings (SSSR count). The lowest BCUT2D eigenvalue weighted by atomic mass is 10.1. The van der Waals surface area contributed by atoms with Gasteiger partial charge in [-0.2, -0.15) is 5.26 Å². The molecule has 0 radical (unpaired) electrons. The Morgan fingerprint density at radius 3 is 2.92 bits per heavy atom. The van der Waals surface area contributed by atoms with E-state index >= 15 is 0 Å². The Morgan fingerprint density at radius 2 is 2.25 bits per heavy atom. The molecule has 0 atom stereocenters. The van der Waals surface area contributed by atoms with Gasteiger partial charge >= 0.3 is 0 Å². The highest BCUT2D eigenvalue weighted by atomic mass is 35.5. The van der Waals surface area contributed by atoms with Crippen LogP contribution in [-0.2, 0) is 6.42 Å². The standard InChI is InChI=1S/C10H10ClN/c11-10-6-3-5-9(8-10)4-1-2-7-12/h3,5-6,8H,1-2,4H2. The summed E-state index contributed by atoms with van der Waals surface area (Å²) in [5.74, 6) is 0. The van der Waals surface area contributed by atoms with Crippen LogP contribution in [-0.4, -0.2) is 0 Å². The van der Waals surface area contributed by atoms with Gasteiger partial charge in [-0.05, 0) is 30.5 Å². The molecule has 0 aliphatic carbocycles. The second-order valence-corrected chi connectivity index (χ2v) is 3.08. The van der Waals surface area contributed by atoms with Crippen molar-refractivity contribution in [3.8, 4) is 6.07 Å². The van der Waals surface area contributed by atoms with Gasteiger partial charge in [0.1, 0.15) is 0 Å². The van der Waals surface area contributed by atoms with Crippen LogP contribution in [0.4, 0.5) is 0 Å². The average molecular weight is 180 g/mol. The Kier molecular flexibility index (Phi) is 3.63. The minimum atomic E-state index is 0.618. The number of hydrogen-bond donors (Lipinski definition) is 0. The molecule has 0 heterocycles. The monoisotopic (exact) mass is 179 g/mol. The number of hydrogen-bond acceptors (Lipinski definition) is 1. The molecule has 0 saturated carbocycles. The number of aryl methyl sites for hydroxylation is 1. The second-order valence-electron chi connectivity index (χ2n) is 2.64. The summed E-state index contributed by atoms with van der Waals surface area (Å²) < 4.78 is 0. The third-order valence-electron chi connectivity index (χ3n) is 1.64. The Balaban J connectivity index is 2.48. The van der Waals surface area contributed by atoms with E-state index in [1.54, 1.807) is 0 Å². The third kappa shape index (κ3) is 2.94. The molecule has 0 unspecified atom stereocenters. The van der Waals surface area contributed by atoms with Gasteiger partial charge in [0, 0.05) is 11.4 Å². The van der Waals surface area contributed by atoms with Crippen LogP contribution in [0.3, 0.4) is 0 Å². The largest absolute Gasteiger partial charge is 0.198 e. The van der Waals surface area contributed by atoms with E-state index in [1.165, 1.54) is 5.56 Å². The van der Waals surface area contributed by atoms with Crippen molar-refractivity contribution < 1.29 is 0 Å². The predicted molar refractivity (Wildman–Crippen MR) is 50.0 cm³/mol. The Labute approximate surface area is 77.6 Å². The van der Waals surface area contributed by atoms with E-state index in [0.717, 1.165) is 17.9 Å². The van der Waals surface area contributed by atoms with Crippen molar-refractivity contribution in [2.45, 2.75) is 19.3 Å². The average Bonchev–Trinajstić information content (AvgIpc) is 2.05. The summed E-state index contributed by atoms with van der Waals surface area (Å²) >= 11 is 5.79. The van der Waals surface area contributed by atoms with Crippen molar-refractivity contribution in [2.24, 2.45) is 0 Å². The maximum absolute atomic E-state index is 8.32. The quantitative estimate of drug-likeness (QED) is 0.654. The molecule has 1 aromatic carbocycles. The molecule has 0 fully saturated rings. The molecule has 0 spiro atoms. The number of unbranched alkanes of at least 4 members (excludes halogenated alkanes) is 1. The van der Waals surface area contributed by atoms with Crippen LogP contribution in [0.25, 0.3) is 0 Å². The molecule has 0 bridgehead atoms. The van der Waals surface area contributed by atoms with Crippen molar-refractivity contribution in [3.05, 3.63) is 34.9 Å². The van der Waals surface area contributed by atoms with Crippen molar-refractivity contribution >= 4 is 11.6 Å². The summed E-state index contributed by atoms with van der Waals surface area (Å²) in [5.41, 5.74) is 1.21. The number of rotatable bonds is 3. The van der Waals surface area contributed by atoms with Crippen molar-refractivity contribution in [1.29, 1.82) is 5.26 Å². The summed E-state index contributed by atoms with van der Waals surface area (Å²) in [7, 11) is 0. The minimum absolute atomic E-state index is 0.618. The normalized spacial score (nSPS) is 9.33. The van der Waals surface area contributed by atoms with Crippen molar-refractivity contribution in [2.75, 3.05) is 0 Å². The Bertz CT molecular complexity index is 288. The summed E-state index contributed by atoms with van der Waals surface area (Å²) in [6, 6.07) is 9.89.